The second-order valence-electron chi connectivity index (χ2n) is 8.28. The topological polar surface area (TPSA) is 70.5 Å². The lowest BCUT2D eigenvalue weighted by atomic mass is 10.0. The number of nitrogens with zero attached hydrogens (tertiary/aromatic N) is 4. The molecule has 0 unspecified atom stereocenters. The molecule has 3 aromatic rings. The number of aryl methyl sites for hydroxylation is 2. The highest BCUT2D eigenvalue weighted by Gasteiger charge is 2.27. The van der Waals surface area contributed by atoms with Gasteiger partial charge in [0.05, 0.1) is 0 Å². The summed E-state index contributed by atoms with van der Waals surface area (Å²) in [6.07, 6.45) is 3.27. The average Bonchev–Trinajstić information content (AvgIpc) is 3.26. The molecule has 2 aliphatic rings. The number of rotatable bonds is 3. The Morgan fingerprint density at radius 1 is 0.903 bits per heavy atom. The molecule has 0 aliphatic carbocycles. The zero-order chi connectivity index (χ0) is 21.2. The fourth-order valence-corrected chi connectivity index (χ4v) is 4.53. The molecule has 1 saturated heterocycles. The van der Waals surface area contributed by atoms with Crippen molar-refractivity contribution < 1.29 is 9.59 Å². The first-order valence-electron chi connectivity index (χ1n) is 11.0. The lowest BCUT2D eigenvalue weighted by molar-refractivity contribution is 0.0658. The van der Waals surface area contributed by atoms with E-state index >= 15 is 0 Å². The molecule has 5 rings (SSSR count). The van der Waals surface area contributed by atoms with E-state index in [1.54, 1.807) is 4.90 Å². The highest BCUT2D eigenvalue weighted by Crippen LogP contribution is 2.19. The van der Waals surface area contributed by atoms with Crippen molar-refractivity contribution in [1.82, 2.24) is 24.9 Å². The Hall–Kier alpha value is -3.35. The van der Waals surface area contributed by atoms with Crippen LogP contribution in [-0.2, 0) is 19.5 Å². The van der Waals surface area contributed by atoms with Crippen LogP contribution in [0.1, 0.15) is 34.6 Å². The van der Waals surface area contributed by atoms with E-state index in [-0.39, 0.29) is 11.9 Å². The van der Waals surface area contributed by atoms with Gasteiger partial charge in [-0.1, -0.05) is 42.5 Å². The molecule has 3 amide bonds. The highest BCUT2D eigenvalue weighted by atomic mass is 16.2. The van der Waals surface area contributed by atoms with Gasteiger partial charge in [0.25, 0.3) is 5.91 Å². The Bertz CT molecular complexity index is 1090. The van der Waals surface area contributed by atoms with E-state index < -0.39 is 0 Å². The molecule has 0 saturated carbocycles. The summed E-state index contributed by atoms with van der Waals surface area (Å²) in [5.41, 5.74) is 2.79. The highest BCUT2D eigenvalue weighted by molar-refractivity contribution is 5.92. The predicted molar refractivity (Wildman–Crippen MR) is 119 cm³/mol. The van der Waals surface area contributed by atoms with Crippen LogP contribution in [0.25, 0.3) is 10.8 Å². The smallest absolute Gasteiger partial charge is 0.317 e. The van der Waals surface area contributed by atoms with Gasteiger partial charge < -0.3 is 15.1 Å². The third-order valence-corrected chi connectivity index (χ3v) is 6.30. The van der Waals surface area contributed by atoms with Crippen LogP contribution in [0.3, 0.4) is 0 Å². The number of hydrogen-bond donors (Lipinski definition) is 1. The minimum absolute atomic E-state index is 0.0299. The average molecular weight is 418 g/mol. The summed E-state index contributed by atoms with van der Waals surface area (Å²) in [5, 5.41) is 9.86. The van der Waals surface area contributed by atoms with Crippen molar-refractivity contribution in [3.05, 3.63) is 65.5 Å². The second-order valence-corrected chi connectivity index (χ2v) is 8.28. The molecule has 0 radical (unpaired) electrons. The Balaban J connectivity index is 1.16. The van der Waals surface area contributed by atoms with Gasteiger partial charge in [-0.15, -0.1) is 0 Å². The monoisotopic (exact) mass is 417 g/mol. The van der Waals surface area contributed by atoms with E-state index in [0.717, 1.165) is 42.5 Å². The van der Waals surface area contributed by atoms with E-state index in [9.17, 15) is 9.59 Å². The van der Waals surface area contributed by atoms with Gasteiger partial charge >= 0.3 is 6.03 Å². The van der Waals surface area contributed by atoms with E-state index in [1.165, 1.54) is 5.39 Å². The van der Waals surface area contributed by atoms with Gasteiger partial charge in [0.1, 0.15) is 0 Å². The zero-order valence-electron chi connectivity index (χ0n) is 17.6. The summed E-state index contributed by atoms with van der Waals surface area (Å²) >= 11 is 0. The van der Waals surface area contributed by atoms with Crippen molar-refractivity contribution >= 4 is 22.7 Å². The van der Waals surface area contributed by atoms with Crippen molar-refractivity contribution in [1.29, 1.82) is 0 Å². The normalized spacial score (nSPS) is 16.3. The van der Waals surface area contributed by atoms with Crippen LogP contribution >= 0.6 is 0 Å². The molecule has 2 aliphatic heterocycles. The minimum Gasteiger partial charge on any atom is -0.334 e. The molecule has 1 aromatic heterocycles. The first-order chi connectivity index (χ1) is 15.2. The van der Waals surface area contributed by atoms with Gasteiger partial charge in [-0.2, -0.15) is 5.10 Å². The maximum absolute atomic E-state index is 12.9. The summed E-state index contributed by atoms with van der Waals surface area (Å²) in [6.45, 7) is 3.50. The lowest BCUT2D eigenvalue weighted by Crippen LogP contribution is -2.53. The van der Waals surface area contributed by atoms with Crippen molar-refractivity contribution in [3.8, 4) is 0 Å². The summed E-state index contributed by atoms with van der Waals surface area (Å²) in [7, 11) is 0. The number of amides is 3. The van der Waals surface area contributed by atoms with Crippen LogP contribution in [-0.4, -0.2) is 57.7 Å². The molecule has 0 atom stereocenters. The van der Waals surface area contributed by atoms with E-state index in [2.05, 4.69) is 28.6 Å². The maximum Gasteiger partial charge on any atom is 0.317 e. The second kappa shape index (κ2) is 8.41. The fraction of sp³-hybridized carbons (Fsp3) is 0.375. The number of carbonyl (C=O) groups excluding carboxylic acids is 2. The number of benzene rings is 2. The fourth-order valence-electron chi connectivity index (χ4n) is 4.53. The SMILES string of the molecule is O=C(NCc1cccc2ccccc12)N1CCN(C(=O)c2cc3n(n2)CCCC3)CC1. The number of piperazine rings is 1. The molecule has 0 spiro atoms. The molecule has 3 heterocycles. The summed E-state index contributed by atoms with van der Waals surface area (Å²) in [5.74, 6) is -0.0299. The standard InChI is InChI=1S/C24H27N5O2/c30-23(22-16-20-9-3-4-11-29(20)26-22)27-12-14-28(15-13-27)24(31)25-17-19-8-5-7-18-6-1-2-10-21(18)19/h1-2,5-8,10,16H,3-4,9,11-15,17H2,(H,25,31). The largest absolute Gasteiger partial charge is 0.334 e. The molecule has 31 heavy (non-hydrogen) atoms. The molecule has 7 nitrogen and oxygen atoms in total. The number of nitrogens with one attached hydrogen (secondary N) is 1. The third kappa shape index (κ3) is 4.00. The van der Waals surface area contributed by atoms with E-state index in [4.69, 9.17) is 0 Å². The van der Waals surface area contributed by atoms with E-state index in [1.807, 2.05) is 39.9 Å². The summed E-state index contributed by atoms with van der Waals surface area (Å²) < 4.78 is 1.97. The number of urea groups is 1. The number of carbonyl (C=O) groups is 2. The molecule has 1 fully saturated rings. The lowest BCUT2D eigenvalue weighted by Gasteiger charge is -2.34. The zero-order valence-corrected chi connectivity index (χ0v) is 17.6. The Morgan fingerprint density at radius 2 is 1.68 bits per heavy atom. The summed E-state index contributed by atoms with van der Waals surface area (Å²) in [6, 6.07) is 16.2. The first kappa shape index (κ1) is 19.6. The molecular weight excluding hydrogens is 390 g/mol. The molecule has 2 aromatic carbocycles. The van der Waals surface area contributed by atoms with Gasteiger partial charge in [0.15, 0.2) is 5.69 Å². The van der Waals surface area contributed by atoms with Crippen molar-refractivity contribution in [2.75, 3.05) is 26.2 Å². The van der Waals surface area contributed by atoms with Crippen molar-refractivity contribution in [3.63, 3.8) is 0 Å². The molecule has 7 heteroatoms. The van der Waals surface area contributed by atoms with Crippen LogP contribution in [0.4, 0.5) is 4.79 Å². The number of fused-ring (bicyclic) bond motifs is 2. The molecule has 1 N–H and O–H groups in total. The quantitative estimate of drug-likeness (QED) is 0.712. The van der Waals surface area contributed by atoms with Crippen molar-refractivity contribution in [2.24, 2.45) is 0 Å². The molecule has 0 bridgehead atoms. The Morgan fingerprint density at radius 3 is 2.52 bits per heavy atom. The first-order valence-corrected chi connectivity index (χ1v) is 11.0. The molecular formula is C24H27N5O2. The predicted octanol–water partition coefficient (Wildman–Crippen LogP) is 3.04. The van der Waals surface area contributed by atoms with Crippen LogP contribution < -0.4 is 5.32 Å². The molecule has 160 valence electrons. The number of aromatic nitrogens is 2. The van der Waals surface area contributed by atoms with Crippen molar-refractivity contribution in [2.45, 2.75) is 32.4 Å². The van der Waals surface area contributed by atoms with Crippen LogP contribution in [0, 0.1) is 0 Å². The number of hydrogen-bond acceptors (Lipinski definition) is 3. The van der Waals surface area contributed by atoms with Crippen LogP contribution in [0.2, 0.25) is 0 Å². The van der Waals surface area contributed by atoms with Gasteiger partial charge in [-0.3, -0.25) is 9.48 Å². The van der Waals surface area contributed by atoms with E-state index in [0.29, 0.717) is 38.4 Å². The van der Waals surface area contributed by atoms with Crippen LogP contribution in [0.5, 0.6) is 0 Å². The minimum atomic E-state index is -0.0857. The van der Waals surface area contributed by atoms with Crippen LogP contribution in [0.15, 0.2) is 48.5 Å². The van der Waals surface area contributed by atoms with Gasteiger partial charge in [-0.05, 0) is 41.7 Å². The third-order valence-electron chi connectivity index (χ3n) is 6.30. The van der Waals surface area contributed by atoms with Gasteiger partial charge in [0.2, 0.25) is 0 Å². The Kier molecular flexibility index (Phi) is 5.32. The van der Waals surface area contributed by atoms with Gasteiger partial charge in [0, 0.05) is 45.0 Å². The Labute approximate surface area is 181 Å². The maximum atomic E-state index is 12.9. The summed E-state index contributed by atoms with van der Waals surface area (Å²) in [4.78, 5) is 29.1. The van der Waals surface area contributed by atoms with Gasteiger partial charge in [-0.25, -0.2) is 4.79 Å².